The molecule has 1 aromatic rings. The molecule has 36 heavy (non-hydrogen) atoms. The van der Waals surface area contributed by atoms with Crippen molar-refractivity contribution in [3.8, 4) is 0 Å². The van der Waals surface area contributed by atoms with Gasteiger partial charge >= 0.3 is 0 Å². The lowest BCUT2D eigenvalue weighted by Crippen LogP contribution is -2.50. The van der Waals surface area contributed by atoms with Crippen LogP contribution in [0.5, 0.6) is 0 Å². The number of hydrogen-bond donors (Lipinski definition) is 0. The first-order valence-corrected chi connectivity index (χ1v) is 14.9. The van der Waals surface area contributed by atoms with Crippen molar-refractivity contribution in [3.05, 3.63) is 41.3 Å². The third-order valence-corrected chi connectivity index (χ3v) is 11.6. The number of anilines is 1. The molecule has 4 heteroatoms. The minimum absolute atomic E-state index is 0.380. The summed E-state index contributed by atoms with van der Waals surface area (Å²) in [6.45, 7) is 18.5. The van der Waals surface area contributed by atoms with Crippen LogP contribution >= 0.6 is 0 Å². The number of hydrogen-bond acceptors (Lipinski definition) is 4. The van der Waals surface area contributed by atoms with Gasteiger partial charge in [0.1, 0.15) is 0 Å². The van der Waals surface area contributed by atoms with E-state index in [1.165, 1.54) is 57.9 Å². The summed E-state index contributed by atoms with van der Waals surface area (Å²) in [5.41, 5.74) is 6.84. The fourth-order valence-electron chi connectivity index (χ4n) is 9.80. The van der Waals surface area contributed by atoms with Crippen LogP contribution in [-0.4, -0.2) is 47.6 Å². The third-order valence-electron chi connectivity index (χ3n) is 11.6. The van der Waals surface area contributed by atoms with Crippen molar-refractivity contribution in [1.29, 1.82) is 0 Å². The van der Waals surface area contributed by atoms with Gasteiger partial charge in [-0.2, -0.15) is 0 Å². The summed E-state index contributed by atoms with van der Waals surface area (Å²) in [7, 11) is 0. The summed E-state index contributed by atoms with van der Waals surface area (Å²) in [4.78, 5) is 14.0. The molecule has 2 fully saturated rings. The zero-order valence-electron chi connectivity index (χ0n) is 23.5. The van der Waals surface area contributed by atoms with Crippen molar-refractivity contribution in [2.24, 2.45) is 34.0 Å². The van der Waals surface area contributed by atoms with Crippen molar-refractivity contribution in [1.82, 2.24) is 14.9 Å². The van der Waals surface area contributed by atoms with Crippen molar-refractivity contribution in [2.75, 3.05) is 37.6 Å². The second-order valence-corrected chi connectivity index (χ2v) is 14.0. The molecule has 0 amide bonds. The largest absolute Gasteiger partial charge is 0.338 e. The maximum Gasteiger partial charge on any atom is 0.225 e. The van der Waals surface area contributed by atoms with Crippen LogP contribution < -0.4 is 4.90 Å². The number of fused-ring (bicyclic) bond motifs is 4. The van der Waals surface area contributed by atoms with E-state index in [2.05, 4.69) is 60.5 Å². The Morgan fingerprint density at radius 3 is 2.44 bits per heavy atom. The minimum atomic E-state index is 0.380. The number of piperazine rings is 1. The highest BCUT2D eigenvalue weighted by atomic mass is 15.3. The quantitative estimate of drug-likeness (QED) is 0.461. The molecule has 5 aliphatic rings. The average Bonchev–Trinajstić information content (AvgIpc) is 3.22. The van der Waals surface area contributed by atoms with Gasteiger partial charge in [-0.25, -0.2) is 9.97 Å². The first kappa shape index (κ1) is 24.6. The maximum atomic E-state index is 4.46. The molecule has 0 bridgehead atoms. The average molecular weight is 489 g/mol. The molecule has 0 spiro atoms. The molecule has 1 aromatic heterocycles. The Kier molecular flexibility index (Phi) is 6.14. The summed E-state index contributed by atoms with van der Waals surface area (Å²) in [6.07, 6.45) is 17.4. The Morgan fingerprint density at radius 2 is 1.69 bits per heavy atom. The van der Waals surface area contributed by atoms with Gasteiger partial charge in [-0.05, 0) is 96.2 Å². The van der Waals surface area contributed by atoms with Crippen LogP contribution in [0.25, 0.3) is 0 Å². The monoisotopic (exact) mass is 488 g/mol. The Balaban J connectivity index is 1.14. The molecule has 1 aliphatic heterocycles. The van der Waals surface area contributed by atoms with Gasteiger partial charge in [-0.3, -0.25) is 4.90 Å². The van der Waals surface area contributed by atoms with Gasteiger partial charge in [0, 0.05) is 45.1 Å². The normalized spacial score (nSPS) is 37.1. The summed E-state index contributed by atoms with van der Waals surface area (Å²) in [5, 5.41) is 0. The molecule has 0 unspecified atom stereocenters. The van der Waals surface area contributed by atoms with E-state index in [0.29, 0.717) is 16.2 Å². The van der Waals surface area contributed by atoms with Gasteiger partial charge in [-0.1, -0.05) is 52.7 Å². The first-order valence-electron chi connectivity index (χ1n) is 14.9. The molecule has 6 rings (SSSR count). The van der Waals surface area contributed by atoms with Crippen molar-refractivity contribution >= 4 is 5.95 Å². The Morgan fingerprint density at radius 1 is 0.944 bits per heavy atom. The minimum Gasteiger partial charge on any atom is -0.338 e. The van der Waals surface area contributed by atoms with Gasteiger partial charge in [0.15, 0.2) is 0 Å². The number of allylic oxidation sites excluding steroid dienone is 4. The number of nitrogens with zero attached hydrogens (tertiary/aromatic N) is 4. The second-order valence-electron chi connectivity index (χ2n) is 14.0. The third kappa shape index (κ3) is 3.89. The summed E-state index contributed by atoms with van der Waals surface area (Å²) in [6, 6.07) is 1.90. The van der Waals surface area contributed by atoms with Crippen LogP contribution in [0.15, 0.2) is 41.3 Å². The zero-order valence-corrected chi connectivity index (χ0v) is 23.5. The van der Waals surface area contributed by atoms with Crippen LogP contribution in [0, 0.1) is 34.0 Å². The highest BCUT2D eigenvalue weighted by molar-refractivity contribution is 5.49. The first-order chi connectivity index (χ1) is 17.2. The van der Waals surface area contributed by atoms with E-state index in [1.807, 2.05) is 29.6 Å². The lowest BCUT2D eigenvalue weighted by Gasteiger charge is -2.58. The van der Waals surface area contributed by atoms with Gasteiger partial charge < -0.3 is 4.90 Å². The molecule has 1 saturated heterocycles. The molecule has 1 saturated carbocycles. The molecule has 196 valence electrons. The van der Waals surface area contributed by atoms with E-state index in [4.69, 9.17) is 0 Å². The van der Waals surface area contributed by atoms with Crippen molar-refractivity contribution < 1.29 is 0 Å². The standard InChI is InChI=1S/C32H48N4/c1-23(22-35-18-20-36(21-19-35)29-33-16-7-17-34-29)25-9-10-26-24-8-11-28-30(2,3)13-6-14-32(28,5)27(24)12-15-31(25,26)4/h7,10,16-17,23,25,28H,6,8-9,11-15,18-22H2,1-5H3/t23-,25-,28+,31-,32-/m1/s1. The zero-order chi connectivity index (χ0) is 25.1. The Labute approximate surface area is 219 Å². The van der Waals surface area contributed by atoms with Crippen LogP contribution in [0.3, 0.4) is 0 Å². The van der Waals surface area contributed by atoms with E-state index < -0.39 is 0 Å². The van der Waals surface area contributed by atoms with Crippen LogP contribution in [0.2, 0.25) is 0 Å². The molecular weight excluding hydrogens is 440 g/mol. The van der Waals surface area contributed by atoms with Gasteiger partial charge in [0.2, 0.25) is 5.95 Å². The molecule has 0 aromatic carbocycles. The van der Waals surface area contributed by atoms with E-state index >= 15 is 0 Å². The highest BCUT2D eigenvalue weighted by Gasteiger charge is 2.55. The fraction of sp³-hybridized carbons (Fsp3) is 0.750. The predicted molar refractivity (Wildman–Crippen MR) is 149 cm³/mol. The van der Waals surface area contributed by atoms with Crippen molar-refractivity contribution in [3.63, 3.8) is 0 Å². The summed E-state index contributed by atoms with van der Waals surface area (Å²) >= 11 is 0. The predicted octanol–water partition coefficient (Wildman–Crippen LogP) is 6.90. The molecule has 0 N–H and O–H groups in total. The van der Waals surface area contributed by atoms with Gasteiger partial charge in [0.05, 0.1) is 0 Å². The molecule has 5 atom stereocenters. The number of aromatic nitrogens is 2. The van der Waals surface area contributed by atoms with Crippen LogP contribution in [-0.2, 0) is 0 Å². The van der Waals surface area contributed by atoms with E-state index in [0.717, 1.165) is 49.9 Å². The summed E-state index contributed by atoms with van der Waals surface area (Å²) in [5.74, 6) is 3.27. The SMILES string of the molecule is C[C@H](CN1CCN(c2ncccn2)CC1)[C@H]1CC=C2C3=C(CC[C@@]21C)[C@@]1(C)CCCC(C)(C)[C@@H]1CC3. The molecule has 0 radical (unpaired) electrons. The van der Waals surface area contributed by atoms with E-state index in [9.17, 15) is 0 Å². The number of rotatable bonds is 4. The second kappa shape index (κ2) is 8.96. The van der Waals surface area contributed by atoms with Crippen LogP contribution in [0.1, 0.15) is 86.0 Å². The highest BCUT2D eigenvalue weighted by Crippen LogP contribution is 2.66. The molecular formula is C32H48N4. The van der Waals surface area contributed by atoms with E-state index in [-0.39, 0.29) is 0 Å². The lowest BCUT2D eigenvalue weighted by atomic mass is 9.47. The summed E-state index contributed by atoms with van der Waals surface area (Å²) < 4.78 is 0. The lowest BCUT2D eigenvalue weighted by molar-refractivity contribution is 0.00566. The molecule has 2 heterocycles. The fourth-order valence-corrected chi connectivity index (χ4v) is 9.80. The maximum absolute atomic E-state index is 4.46. The van der Waals surface area contributed by atoms with Gasteiger partial charge in [-0.15, -0.1) is 0 Å². The topological polar surface area (TPSA) is 32.3 Å². The smallest absolute Gasteiger partial charge is 0.225 e. The molecule has 4 nitrogen and oxygen atoms in total. The Bertz CT molecular complexity index is 1030. The van der Waals surface area contributed by atoms with Gasteiger partial charge in [0.25, 0.3) is 0 Å². The molecule has 4 aliphatic carbocycles. The van der Waals surface area contributed by atoms with Crippen molar-refractivity contribution in [2.45, 2.75) is 86.0 Å². The van der Waals surface area contributed by atoms with E-state index in [1.54, 1.807) is 5.57 Å². The Hall–Kier alpha value is -1.68. The van der Waals surface area contributed by atoms with Crippen LogP contribution in [0.4, 0.5) is 5.95 Å².